The summed E-state index contributed by atoms with van der Waals surface area (Å²) in [6.07, 6.45) is 4.16. The quantitative estimate of drug-likeness (QED) is 0.416. The van der Waals surface area contributed by atoms with Gasteiger partial charge in [-0.05, 0) is 25.0 Å². The lowest BCUT2D eigenvalue weighted by Gasteiger charge is -2.24. The van der Waals surface area contributed by atoms with Crippen LogP contribution in [0.1, 0.15) is 23.2 Å². The molecule has 0 heterocycles. The fourth-order valence-corrected chi connectivity index (χ4v) is 2.53. The summed E-state index contributed by atoms with van der Waals surface area (Å²) >= 11 is 0. The van der Waals surface area contributed by atoms with Gasteiger partial charge in [0.05, 0.1) is 18.4 Å². The van der Waals surface area contributed by atoms with E-state index >= 15 is 0 Å². The molecule has 3 N–H and O–H groups in total. The normalized spacial score (nSPS) is 19.9. The van der Waals surface area contributed by atoms with Gasteiger partial charge in [0.15, 0.2) is 5.78 Å². The van der Waals surface area contributed by atoms with Crippen LogP contribution in [0.2, 0.25) is 0 Å². The molecule has 1 aliphatic carbocycles. The van der Waals surface area contributed by atoms with Crippen LogP contribution in [0.4, 0.5) is 5.69 Å². The molecule has 0 saturated carbocycles. The third-order valence-corrected chi connectivity index (χ3v) is 3.81. The Balaban J connectivity index is 1.96. The summed E-state index contributed by atoms with van der Waals surface area (Å²) in [5.74, 6) is -3.28. The van der Waals surface area contributed by atoms with Crippen molar-refractivity contribution < 1.29 is 19.5 Å². The number of nitrogens with one attached hydrogen (secondary N) is 2. The number of rotatable bonds is 6. The second-order valence-electron chi connectivity index (χ2n) is 5.32. The number of aliphatic carboxylic acids is 1. The van der Waals surface area contributed by atoms with Gasteiger partial charge in [-0.2, -0.15) is 0 Å². The summed E-state index contributed by atoms with van der Waals surface area (Å²) < 4.78 is 0. The predicted molar refractivity (Wildman–Crippen MR) is 83.8 cm³/mol. The summed E-state index contributed by atoms with van der Waals surface area (Å²) in [5.41, 5.74) is 2.25. The maximum Gasteiger partial charge on any atom is 0.307 e. The van der Waals surface area contributed by atoms with Crippen molar-refractivity contribution in [2.45, 2.75) is 12.8 Å². The van der Waals surface area contributed by atoms with Crippen molar-refractivity contribution in [2.24, 2.45) is 11.8 Å². The first-order valence-electron chi connectivity index (χ1n) is 7.20. The van der Waals surface area contributed by atoms with Gasteiger partial charge in [-0.1, -0.05) is 24.3 Å². The highest BCUT2D eigenvalue weighted by Crippen LogP contribution is 2.26. The average molecular weight is 317 g/mol. The van der Waals surface area contributed by atoms with Crippen LogP contribution in [0.15, 0.2) is 36.4 Å². The van der Waals surface area contributed by atoms with E-state index in [1.165, 1.54) is 12.1 Å². The smallest absolute Gasteiger partial charge is 0.307 e. The van der Waals surface area contributed by atoms with E-state index in [1.54, 1.807) is 29.8 Å². The fourth-order valence-electron chi connectivity index (χ4n) is 2.53. The van der Waals surface area contributed by atoms with E-state index in [0.717, 1.165) is 0 Å². The lowest BCUT2D eigenvalue weighted by molar-refractivity contribution is -0.147. The first-order chi connectivity index (χ1) is 11.0. The molecule has 0 saturated heterocycles. The molecular formula is C16H17N2O5-. The Morgan fingerprint density at radius 3 is 2.52 bits per heavy atom. The monoisotopic (exact) mass is 317 g/mol. The Labute approximate surface area is 133 Å². The van der Waals surface area contributed by atoms with Crippen LogP contribution in [-0.2, 0) is 9.59 Å². The summed E-state index contributed by atoms with van der Waals surface area (Å²) in [6, 6.07) is 6.01. The number of Topliss-reactive ketones (excluding diaryl/α,β-unsaturated/α-hetero) is 1. The minimum absolute atomic E-state index is 0.242. The molecule has 2 atom stereocenters. The van der Waals surface area contributed by atoms with Crippen molar-refractivity contribution in [3.05, 3.63) is 47.2 Å². The number of carbonyl (C=O) groups is 3. The highest BCUT2D eigenvalue weighted by Gasteiger charge is 2.33. The van der Waals surface area contributed by atoms with Crippen molar-refractivity contribution >= 4 is 23.3 Å². The molecule has 0 radical (unpaired) electrons. The number of anilines is 1. The van der Waals surface area contributed by atoms with Crippen molar-refractivity contribution in [2.75, 3.05) is 12.0 Å². The zero-order valence-electron chi connectivity index (χ0n) is 12.3. The summed E-state index contributed by atoms with van der Waals surface area (Å²) in [5, 5.41) is 22.2. The second-order valence-corrected chi connectivity index (χ2v) is 5.32. The molecule has 7 heteroatoms. The number of hydrogen-bond donors (Lipinski definition) is 3. The zero-order chi connectivity index (χ0) is 16.8. The number of allylic oxidation sites excluding steroid dienone is 2. The van der Waals surface area contributed by atoms with Gasteiger partial charge in [-0.3, -0.25) is 14.4 Å². The number of ketones is 1. The Morgan fingerprint density at radius 2 is 1.87 bits per heavy atom. The summed E-state index contributed by atoms with van der Waals surface area (Å²) in [6.45, 7) is -0.242. The van der Waals surface area contributed by atoms with Gasteiger partial charge in [0.2, 0.25) is 5.91 Å². The van der Waals surface area contributed by atoms with Crippen LogP contribution in [-0.4, -0.2) is 29.3 Å². The number of carboxylic acid groups (broad SMARTS) is 1. The van der Waals surface area contributed by atoms with Gasteiger partial charge in [-0.15, -0.1) is 0 Å². The molecular weight excluding hydrogens is 300 g/mol. The van der Waals surface area contributed by atoms with E-state index < -0.39 is 23.7 Å². The molecule has 2 unspecified atom stereocenters. The Morgan fingerprint density at radius 1 is 1.17 bits per heavy atom. The lowest BCUT2D eigenvalue weighted by Crippen LogP contribution is -2.40. The van der Waals surface area contributed by atoms with Gasteiger partial charge in [0, 0.05) is 11.3 Å². The molecule has 1 amide bonds. The van der Waals surface area contributed by atoms with Crippen molar-refractivity contribution in [1.29, 1.82) is 0 Å². The van der Waals surface area contributed by atoms with E-state index in [4.69, 9.17) is 5.11 Å². The van der Waals surface area contributed by atoms with Crippen molar-refractivity contribution in [3.8, 4) is 0 Å². The lowest BCUT2D eigenvalue weighted by atomic mass is 9.82. The highest BCUT2D eigenvalue weighted by atomic mass is 16.5. The van der Waals surface area contributed by atoms with Gasteiger partial charge in [0.1, 0.15) is 0 Å². The van der Waals surface area contributed by atoms with E-state index in [9.17, 15) is 19.6 Å². The first-order valence-corrected chi connectivity index (χ1v) is 7.20. The SMILES string of the molecule is O=C(CNC(=O)C1CC=CCC1C(=O)O)c1cccc(N[O-])c1. The maximum absolute atomic E-state index is 12.1. The standard InChI is InChI=1S/C16H17N2O5/c19-14(10-4-3-5-11(8-10)18-23)9-17-15(20)12-6-1-2-7-13(12)16(21)22/h1-5,8,12-13,18H,6-7,9H2,(H,17,20)(H,21,22)/q-1. The zero-order valence-corrected chi connectivity index (χ0v) is 12.3. The van der Waals surface area contributed by atoms with E-state index in [1.807, 2.05) is 0 Å². The van der Waals surface area contributed by atoms with Crippen molar-refractivity contribution in [3.63, 3.8) is 0 Å². The molecule has 0 fully saturated rings. The van der Waals surface area contributed by atoms with Gasteiger partial charge >= 0.3 is 5.97 Å². The molecule has 0 spiro atoms. The van der Waals surface area contributed by atoms with E-state index in [0.29, 0.717) is 18.4 Å². The highest BCUT2D eigenvalue weighted by molar-refractivity contribution is 6.00. The van der Waals surface area contributed by atoms with Crippen LogP contribution in [0.3, 0.4) is 0 Å². The Hall–Kier alpha value is -2.67. The molecule has 0 aliphatic heterocycles. The third kappa shape index (κ3) is 4.17. The average Bonchev–Trinajstić information content (AvgIpc) is 2.59. The number of amides is 1. The van der Waals surface area contributed by atoms with Gasteiger partial charge in [-0.25, -0.2) is 0 Å². The topological polar surface area (TPSA) is 119 Å². The number of carboxylic acids is 1. The van der Waals surface area contributed by atoms with E-state index in [2.05, 4.69) is 5.32 Å². The number of benzene rings is 1. The van der Waals surface area contributed by atoms with Crippen LogP contribution < -0.4 is 10.8 Å². The van der Waals surface area contributed by atoms with E-state index in [-0.39, 0.29) is 18.0 Å². The van der Waals surface area contributed by atoms with Gasteiger partial charge in [0.25, 0.3) is 0 Å². The summed E-state index contributed by atoms with van der Waals surface area (Å²) in [7, 11) is 0. The molecule has 1 aromatic carbocycles. The maximum atomic E-state index is 12.1. The van der Waals surface area contributed by atoms with Gasteiger partial charge < -0.3 is 21.1 Å². The van der Waals surface area contributed by atoms with Crippen LogP contribution >= 0.6 is 0 Å². The largest absolute Gasteiger partial charge is 0.761 e. The molecule has 1 aromatic rings. The number of hydrogen-bond acceptors (Lipinski definition) is 5. The minimum atomic E-state index is -1.02. The second kappa shape index (κ2) is 7.55. The molecule has 7 nitrogen and oxygen atoms in total. The molecule has 0 bridgehead atoms. The fraction of sp³-hybridized carbons (Fsp3) is 0.312. The summed E-state index contributed by atoms with van der Waals surface area (Å²) in [4.78, 5) is 35.4. The van der Waals surface area contributed by atoms with Crippen LogP contribution in [0.5, 0.6) is 0 Å². The Bertz CT molecular complexity index is 641. The minimum Gasteiger partial charge on any atom is -0.761 e. The first kappa shape index (κ1) is 16.7. The molecule has 122 valence electrons. The Kier molecular flexibility index (Phi) is 5.48. The third-order valence-electron chi connectivity index (χ3n) is 3.81. The molecule has 2 rings (SSSR count). The predicted octanol–water partition coefficient (Wildman–Crippen LogP) is 1.56. The van der Waals surface area contributed by atoms with Crippen LogP contribution in [0, 0.1) is 17.0 Å². The van der Waals surface area contributed by atoms with Crippen LogP contribution in [0.25, 0.3) is 0 Å². The van der Waals surface area contributed by atoms with Crippen molar-refractivity contribution in [1.82, 2.24) is 5.32 Å². The molecule has 1 aliphatic rings. The number of carbonyl (C=O) groups excluding carboxylic acids is 2. The molecule has 0 aromatic heterocycles. The molecule has 23 heavy (non-hydrogen) atoms.